The zero-order valence-electron chi connectivity index (χ0n) is 21.9. The molecule has 39 heavy (non-hydrogen) atoms. The van der Waals surface area contributed by atoms with Gasteiger partial charge in [0.15, 0.2) is 23.0 Å². The molecule has 202 valence electrons. The maximum atomic E-state index is 12.4. The Kier molecular flexibility index (Phi) is 9.18. The molecule has 0 aliphatic heterocycles. The molecule has 2 heterocycles. The standard InChI is InChI=1S/C28H27N3O6S2/c1-6-11-29-28-31(20(17-39-28)19-14-23(34-3)26(36-5)24(15-19)35-4)30-16-18-9-10-21(22(13-18)33-2)37-27(32)25-8-7-12-38-25/h6-10,12-17H,1,11H2,2-5H3. The van der Waals surface area contributed by atoms with Crippen LogP contribution in [0.25, 0.3) is 11.3 Å². The first-order chi connectivity index (χ1) is 19.0. The maximum absolute atomic E-state index is 12.4. The molecular formula is C28H27N3O6S2. The van der Waals surface area contributed by atoms with E-state index in [4.69, 9.17) is 28.8 Å². The summed E-state index contributed by atoms with van der Waals surface area (Å²) in [4.78, 5) is 18.2. The van der Waals surface area contributed by atoms with E-state index in [-0.39, 0.29) is 0 Å². The summed E-state index contributed by atoms with van der Waals surface area (Å²) in [6.07, 6.45) is 3.39. The SMILES string of the molecule is C=CCN=c1scc(-c2cc(OC)c(OC)c(OC)c2)n1N=Cc1ccc(OC(=O)c2cccs2)c(OC)c1. The summed E-state index contributed by atoms with van der Waals surface area (Å²) >= 11 is 2.75. The number of ether oxygens (including phenoxy) is 5. The number of thiazole rings is 1. The molecule has 0 bridgehead atoms. The van der Waals surface area contributed by atoms with Crippen molar-refractivity contribution in [3.8, 4) is 40.0 Å². The average molecular weight is 566 g/mol. The molecule has 0 saturated carbocycles. The van der Waals surface area contributed by atoms with E-state index >= 15 is 0 Å². The highest BCUT2D eigenvalue weighted by molar-refractivity contribution is 7.12. The van der Waals surface area contributed by atoms with Gasteiger partial charge in [-0.1, -0.05) is 12.1 Å². The third kappa shape index (κ3) is 6.21. The molecule has 0 aliphatic carbocycles. The van der Waals surface area contributed by atoms with E-state index in [0.29, 0.717) is 45.0 Å². The van der Waals surface area contributed by atoms with Crippen molar-refractivity contribution in [2.75, 3.05) is 35.0 Å². The van der Waals surface area contributed by atoms with Gasteiger partial charge in [0.05, 0.1) is 46.9 Å². The second-order valence-corrected chi connectivity index (χ2v) is 9.56. The highest BCUT2D eigenvalue weighted by Crippen LogP contribution is 2.41. The van der Waals surface area contributed by atoms with Gasteiger partial charge in [-0.3, -0.25) is 4.99 Å². The van der Waals surface area contributed by atoms with Crippen molar-refractivity contribution in [1.29, 1.82) is 0 Å². The normalized spacial score (nSPS) is 11.4. The fraction of sp³-hybridized carbons (Fsp3) is 0.179. The molecule has 2 aromatic heterocycles. The predicted molar refractivity (Wildman–Crippen MR) is 153 cm³/mol. The smallest absolute Gasteiger partial charge is 0.353 e. The second-order valence-electron chi connectivity index (χ2n) is 7.78. The Morgan fingerprint density at radius 2 is 1.69 bits per heavy atom. The van der Waals surface area contributed by atoms with Crippen LogP contribution in [0.4, 0.5) is 0 Å². The van der Waals surface area contributed by atoms with Crippen LogP contribution in [-0.2, 0) is 0 Å². The third-order valence-electron chi connectivity index (χ3n) is 5.44. The largest absolute Gasteiger partial charge is 0.493 e. The highest BCUT2D eigenvalue weighted by Gasteiger charge is 2.17. The molecule has 2 aromatic carbocycles. The van der Waals surface area contributed by atoms with Crippen molar-refractivity contribution < 1.29 is 28.5 Å². The topological polar surface area (TPSA) is 92.9 Å². The van der Waals surface area contributed by atoms with Crippen LogP contribution in [0.15, 0.2) is 76.0 Å². The lowest BCUT2D eigenvalue weighted by atomic mass is 10.1. The number of esters is 1. The lowest BCUT2D eigenvalue weighted by Gasteiger charge is -2.14. The molecule has 0 fully saturated rings. The van der Waals surface area contributed by atoms with Gasteiger partial charge in [-0.25, -0.2) is 9.47 Å². The number of benzene rings is 2. The number of aromatic nitrogens is 1. The van der Waals surface area contributed by atoms with E-state index in [1.54, 1.807) is 68.6 Å². The van der Waals surface area contributed by atoms with Crippen LogP contribution < -0.4 is 28.5 Å². The monoisotopic (exact) mass is 565 g/mol. The van der Waals surface area contributed by atoms with Gasteiger partial charge in [-0.2, -0.15) is 5.10 Å². The number of carbonyl (C=O) groups is 1. The first-order valence-electron chi connectivity index (χ1n) is 11.6. The van der Waals surface area contributed by atoms with Crippen molar-refractivity contribution in [2.45, 2.75) is 0 Å². The second kappa shape index (κ2) is 12.9. The maximum Gasteiger partial charge on any atom is 0.353 e. The molecule has 4 rings (SSSR count). The number of hydrogen-bond donors (Lipinski definition) is 0. The summed E-state index contributed by atoms with van der Waals surface area (Å²) in [5.74, 6) is 1.82. The van der Waals surface area contributed by atoms with Gasteiger partial charge in [-0.15, -0.1) is 29.3 Å². The molecule has 4 aromatic rings. The van der Waals surface area contributed by atoms with Crippen LogP contribution in [-0.4, -0.2) is 51.8 Å². The number of rotatable bonds is 11. The summed E-state index contributed by atoms with van der Waals surface area (Å²) < 4.78 is 29.3. The van der Waals surface area contributed by atoms with E-state index in [9.17, 15) is 4.79 Å². The van der Waals surface area contributed by atoms with Gasteiger partial charge in [0, 0.05) is 10.9 Å². The van der Waals surface area contributed by atoms with E-state index in [1.165, 1.54) is 29.8 Å². The van der Waals surface area contributed by atoms with E-state index in [1.807, 2.05) is 22.9 Å². The molecule has 0 saturated heterocycles. The van der Waals surface area contributed by atoms with Gasteiger partial charge >= 0.3 is 5.97 Å². The first-order valence-corrected chi connectivity index (χ1v) is 13.4. The van der Waals surface area contributed by atoms with E-state index in [0.717, 1.165) is 16.8 Å². The Balaban J connectivity index is 1.72. The summed E-state index contributed by atoms with van der Waals surface area (Å²) in [6.45, 7) is 4.19. The first kappa shape index (κ1) is 27.7. The third-order valence-corrected chi connectivity index (χ3v) is 7.14. The van der Waals surface area contributed by atoms with Crippen molar-refractivity contribution in [3.63, 3.8) is 0 Å². The lowest BCUT2D eigenvalue weighted by Crippen LogP contribution is -2.12. The van der Waals surface area contributed by atoms with Gasteiger partial charge in [0.25, 0.3) is 0 Å². The summed E-state index contributed by atoms with van der Waals surface area (Å²) in [6, 6.07) is 12.4. The van der Waals surface area contributed by atoms with Crippen LogP contribution in [0.1, 0.15) is 15.2 Å². The minimum Gasteiger partial charge on any atom is -0.493 e. The molecular weight excluding hydrogens is 538 g/mol. The molecule has 0 atom stereocenters. The molecule has 0 amide bonds. The fourth-order valence-corrected chi connectivity index (χ4v) is 5.05. The van der Waals surface area contributed by atoms with Crippen LogP contribution in [0, 0.1) is 0 Å². The van der Waals surface area contributed by atoms with Crippen LogP contribution in [0.2, 0.25) is 0 Å². The average Bonchev–Trinajstić information content (AvgIpc) is 3.65. The molecule has 0 spiro atoms. The van der Waals surface area contributed by atoms with E-state index in [2.05, 4.69) is 11.6 Å². The summed E-state index contributed by atoms with van der Waals surface area (Å²) in [7, 11) is 6.21. The Morgan fingerprint density at radius 1 is 0.949 bits per heavy atom. The Morgan fingerprint density at radius 3 is 2.31 bits per heavy atom. The zero-order valence-corrected chi connectivity index (χ0v) is 23.5. The van der Waals surface area contributed by atoms with Gasteiger partial charge in [-0.05, 0) is 47.3 Å². The Hall–Kier alpha value is -4.35. The zero-order chi connectivity index (χ0) is 27.8. The van der Waals surface area contributed by atoms with E-state index < -0.39 is 5.97 Å². The van der Waals surface area contributed by atoms with Crippen LogP contribution in [0.5, 0.6) is 28.7 Å². The molecule has 11 heteroatoms. The number of hydrogen-bond acceptors (Lipinski definition) is 10. The molecule has 0 aliphatic rings. The van der Waals surface area contributed by atoms with Crippen LogP contribution >= 0.6 is 22.7 Å². The number of carbonyl (C=O) groups excluding carboxylic acids is 1. The lowest BCUT2D eigenvalue weighted by molar-refractivity contribution is 0.0735. The van der Waals surface area contributed by atoms with Crippen molar-refractivity contribution in [2.24, 2.45) is 10.1 Å². The summed E-state index contributed by atoms with van der Waals surface area (Å²) in [5, 5.41) is 8.49. The highest BCUT2D eigenvalue weighted by atomic mass is 32.1. The van der Waals surface area contributed by atoms with Gasteiger partial charge < -0.3 is 23.7 Å². The fourth-order valence-electron chi connectivity index (χ4n) is 3.61. The molecule has 0 radical (unpaired) electrons. The number of thiophene rings is 1. The van der Waals surface area contributed by atoms with Crippen molar-refractivity contribution in [1.82, 2.24) is 4.68 Å². The minimum atomic E-state index is -0.443. The van der Waals surface area contributed by atoms with Gasteiger partial charge in [0.1, 0.15) is 4.88 Å². The number of nitrogens with zero attached hydrogens (tertiary/aromatic N) is 3. The Bertz CT molecular complexity index is 1530. The quantitative estimate of drug-likeness (QED) is 0.103. The summed E-state index contributed by atoms with van der Waals surface area (Å²) in [5.41, 5.74) is 2.30. The van der Waals surface area contributed by atoms with Crippen LogP contribution in [0.3, 0.4) is 0 Å². The van der Waals surface area contributed by atoms with Crippen molar-refractivity contribution in [3.05, 3.63) is 81.1 Å². The Labute approximate surface area is 233 Å². The minimum absolute atomic E-state index is 0.316. The predicted octanol–water partition coefficient (Wildman–Crippen LogP) is 5.50. The van der Waals surface area contributed by atoms with Crippen molar-refractivity contribution >= 4 is 34.9 Å². The molecule has 0 N–H and O–H groups in total. The number of methoxy groups -OCH3 is 4. The molecule has 9 nitrogen and oxygen atoms in total. The van der Waals surface area contributed by atoms with Gasteiger partial charge in [0.2, 0.25) is 10.6 Å². The molecule has 0 unspecified atom stereocenters.